The Bertz CT molecular complexity index is 312. The summed E-state index contributed by atoms with van der Waals surface area (Å²) in [6.07, 6.45) is 0.830. The minimum absolute atomic E-state index is 0.00731. The van der Waals surface area contributed by atoms with Crippen LogP contribution in [0.25, 0.3) is 0 Å². The zero-order valence-electron chi connectivity index (χ0n) is 8.21. The topological polar surface area (TPSA) is 71.1 Å². The second kappa shape index (κ2) is 5.11. The van der Waals surface area contributed by atoms with E-state index in [1.807, 2.05) is 24.3 Å². The largest absolute Gasteiger partial charge is 0.497 e. The number of hydrogen-bond acceptors (Lipinski definition) is 2. The van der Waals surface area contributed by atoms with Crippen molar-refractivity contribution in [2.24, 2.45) is 5.73 Å². The molecule has 1 aromatic carbocycles. The highest BCUT2D eigenvalue weighted by molar-refractivity contribution is 5.74. The molecule has 1 rings (SSSR count). The summed E-state index contributed by atoms with van der Waals surface area (Å²) in [5.74, 6) is 0.859. The predicted molar refractivity (Wildman–Crippen MR) is 56.6 cm³/mol. The van der Waals surface area contributed by atoms with Gasteiger partial charge in [-0.3, -0.25) is 5.41 Å². The lowest BCUT2D eigenvalue weighted by Gasteiger charge is -2.05. The first-order valence-electron chi connectivity index (χ1n) is 4.43. The minimum Gasteiger partial charge on any atom is -0.497 e. The van der Waals surface area contributed by atoms with Gasteiger partial charge >= 0.3 is 0 Å². The highest BCUT2D eigenvalue weighted by Crippen LogP contribution is 2.12. The number of hydrogen-bond donors (Lipinski definition) is 3. The lowest BCUT2D eigenvalue weighted by molar-refractivity contribution is 0.414. The van der Waals surface area contributed by atoms with Crippen molar-refractivity contribution >= 4 is 5.96 Å². The lowest BCUT2D eigenvalue weighted by atomic mass is 10.1. The van der Waals surface area contributed by atoms with Gasteiger partial charge in [0.2, 0.25) is 0 Å². The summed E-state index contributed by atoms with van der Waals surface area (Å²) < 4.78 is 5.09. The van der Waals surface area contributed by atoms with Gasteiger partial charge in [-0.2, -0.15) is 0 Å². The smallest absolute Gasteiger partial charge is 0.185 e. The van der Waals surface area contributed by atoms with Crippen molar-refractivity contribution in [3.63, 3.8) is 0 Å². The Morgan fingerprint density at radius 2 is 2.36 bits per heavy atom. The molecule has 0 amide bonds. The van der Waals surface area contributed by atoms with Crippen LogP contribution in [0.5, 0.6) is 5.75 Å². The number of ether oxygens (including phenoxy) is 1. The number of nitrogens with two attached hydrogens (primary N) is 1. The zero-order chi connectivity index (χ0) is 10.4. The van der Waals surface area contributed by atoms with Gasteiger partial charge in [-0.05, 0) is 24.1 Å². The van der Waals surface area contributed by atoms with Gasteiger partial charge in [-0.1, -0.05) is 12.1 Å². The molecule has 14 heavy (non-hydrogen) atoms. The summed E-state index contributed by atoms with van der Waals surface area (Å²) in [4.78, 5) is 0. The van der Waals surface area contributed by atoms with E-state index >= 15 is 0 Å². The van der Waals surface area contributed by atoms with Crippen LogP contribution in [0, 0.1) is 5.41 Å². The monoisotopic (exact) mass is 193 g/mol. The van der Waals surface area contributed by atoms with E-state index in [4.69, 9.17) is 15.9 Å². The summed E-state index contributed by atoms with van der Waals surface area (Å²) in [7, 11) is 1.65. The van der Waals surface area contributed by atoms with E-state index in [1.165, 1.54) is 0 Å². The van der Waals surface area contributed by atoms with Crippen LogP contribution in [-0.2, 0) is 6.42 Å². The molecule has 0 aliphatic heterocycles. The fraction of sp³-hybridized carbons (Fsp3) is 0.300. The van der Waals surface area contributed by atoms with Gasteiger partial charge in [0, 0.05) is 6.54 Å². The Morgan fingerprint density at radius 3 is 3.00 bits per heavy atom. The van der Waals surface area contributed by atoms with Crippen LogP contribution in [0.3, 0.4) is 0 Å². The summed E-state index contributed by atoms with van der Waals surface area (Å²) >= 11 is 0. The van der Waals surface area contributed by atoms with E-state index in [0.29, 0.717) is 6.54 Å². The summed E-state index contributed by atoms with van der Waals surface area (Å²) in [6.45, 7) is 0.669. The zero-order valence-corrected chi connectivity index (χ0v) is 8.21. The molecule has 0 bridgehead atoms. The molecule has 0 saturated carbocycles. The molecule has 0 unspecified atom stereocenters. The third-order valence-corrected chi connectivity index (χ3v) is 1.86. The van der Waals surface area contributed by atoms with Gasteiger partial charge in [0.15, 0.2) is 5.96 Å². The average Bonchev–Trinajstić information content (AvgIpc) is 2.18. The van der Waals surface area contributed by atoms with Gasteiger partial charge < -0.3 is 15.8 Å². The molecule has 0 aliphatic rings. The van der Waals surface area contributed by atoms with Gasteiger partial charge in [0.25, 0.3) is 0 Å². The molecule has 1 aromatic rings. The third-order valence-electron chi connectivity index (χ3n) is 1.86. The molecular formula is C10H15N3O. The van der Waals surface area contributed by atoms with Gasteiger partial charge in [-0.25, -0.2) is 0 Å². The lowest BCUT2D eigenvalue weighted by Crippen LogP contribution is -2.31. The highest BCUT2D eigenvalue weighted by Gasteiger charge is 1.95. The Hall–Kier alpha value is -1.71. The van der Waals surface area contributed by atoms with Crippen molar-refractivity contribution in [3.05, 3.63) is 29.8 Å². The van der Waals surface area contributed by atoms with Crippen molar-refractivity contribution in [1.82, 2.24) is 5.32 Å². The molecule has 4 nitrogen and oxygen atoms in total. The average molecular weight is 193 g/mol. The van der Waals surface area contributed by atoms with Crippen molar-refractivity contribution in [3.8, 4) is 5.75 Å². The van der Waals surface area contributed by atoms with Gasteiger partial charge in [0.1, 0.15) is 5.75 Å². The molecule has 0 spiro atoms. The van der Waals surface area contributed by atoms with E-state index in [2.05, 4.69) is 5.32 Å². The van der Waals surface area contributed by atoms with Crippen LogP contribution in [0.4, 0.5) is 0 Å². The number of benzene rings is 1. The standard InChI is InChI=1S/C10H15N3O/c1-14-9-4-2-3-8(7-9)5-6-13-10(11)12/h2-4,7H,5-6H2,1H3,(H4,11,12,13). The first-order chi connectivity index (χ1) is 6.72. The molecule has 4 N–H and O–H groups in total. The quantitative estimate of drug-likeness (QED) is 0.487. The molecule has 0 aromatic heterocycles. The molecule has 76 valence electrons. The maximum absolute atomic E-state index is 6.98. The maximum atomic E-state index is 6.98. The molecule has 0 fully saturated rings. The van der Waals surface area contributed by atoms with Crippen LogP contribution >= 0.6 is 0 Å². The molecule has 0 radical (unpaired) electrons. The molecule has 0 atom stereocenters. The SMILES string of the molecule is COc1cccc(CCNC(=N)N)c1. The molecule has 0 aliphatic carbocycles. The van der Waals surface area contributed by atoms with E-state index in [1.54, 1.807) is 7.11 Å². The van der Waals surface area contributed by atoms with Crippen LogP contribution < -0.4 is 15.8 Å². The fourth-order valence-electron chi connectivity index (χ4n) is 1.17. The molecule has 4 heteroatoms. The van der Waals surface area contributed by atoms with Crippen LogP contribution in [0.2, 0.25) is 0 Å². The Balaban J connectivity index is 2.46. The van der Waals surface area contributed by atoms with E-state index in [9.17, 15) is 0 Å². The highest BCUT2D eigenvalue weighted by atomic mass is 16.5. The van der Waals surface area contributed by atoms with Crippen molar-refractivity contribution in [2.45, 2.75) is 6.42 Å². The fourth-order valence-corrected chi connectivity index (χ4v) is 1.17. The minimum atomic E-state index is 0.00731. The third kappa shape index (κ3) is 3.35. The Morgan fingerprint density at radius 1 is 1.57 bits per heavy atom. The second-order valence-electron chi connectivity index (χ2n) is 2.94. The number of nitrogens with one attached hydrogen (secondary N) is 2. The predicted octanol–water partition coefficient (Wildman–Crippen LogP) is 0.721. The van der Waals surface area contributed by atoms with Gasteiger partial charge in [0.05, 0.1) is 7.11 Å². The number of methoxy groups -OCH3 is 1. The molecule has 0 saturated heterocycles. The van der Waals surface area contributed by atoms with Crippen molar-refractivity contribution in [2.75, 3.05) is 13.7 Å². The maximum Gasteiger partial charge on any atom is 0.185 e. The van der Waals surface area contributed by atoms with E-state index in [-0.39, 0.29) is 5.96 Å². The van der Waals surface area contributed by atoms with E-state index in [0.717, 1.165) is 17.7 Å². The molecule has 0 heterocycles. The Kier molecular flexibility index (Phi) is 3.79. The van der Waals surface area contributed by atoms with Gasteiger partial charge in [-0.15, -0.1) is 0 Å². The summed E-state index contributed by atoms with van der Waals surface area (Å²) in [6, 6.07) is 7.84. The van der Waals surface area contributed by atoms with Crippen LogP contribution in [0.15, 0.2) is 24.3 Å². The number of rotatable bonds is 4. The first kappa shape index (κ1) is 10.4. The van der Waals surface area contributed by atoms with Crippen LogP contribution in [-0.4, -0.2) is 19.6 Å². The van der Waals surface area contributed by atoms with Crippen molar-refractivity contribution in [1.29, 1.82) is 5.41 Å². The van der Waals surface area contributed by atoms with Crippen LogP contribution in [0.1, 0.15) is 5.56 Å². The normalized spacial score (nSPS) is 9.50. The summed E-state index contributed by atoms with van der Waals surface area (Å²) in [5.41, 5.74) is 6.33. The second-order valence-corrected chi connectivity index (χ2v) is 2.94. The Labute approximate surface area is 83.6 Å². The first-order valence-corrected chi connectivity index (χ1v) is 4.43. The van der Waals surface area contributed by atoms with E-state index < -0.39 is 0 Å². The van der Waals surface area contributed by atoms with Crippen molar-refractivity contribution < 1.29 is 4.74 Å². The summed E-state index contributed by atoms with van der Waals surface area (Å²) in [5, 5.41) is 9.73. The molecular weight excluding hydrogens is 178 g/mol. The number of guanidine groups is 1.